The van der Waals surface area contributed by atoms with E-state index in [4.69, 9.17) is 0 Å². The summed E-state index contributed by atoms with van der Waals surface area (Å²) in [6.07, 6.45) is 6.70. The molecule has 0 aromatic heterocycles. The number of carbonyl (C=O) groups is 1. The van der Waals surface area contributed by atoms with Crippen molar-refractivity contribution in [2.45, 2.75) is 58.2 Å². The molecule has 1 aliphatic heterocycles. The minimum Gasteiger partial charge on any atom is -0.323 e. The van der Waals surface area contributed by atoms with Crippen LogP contribution in [0.15, 0.2) is 0 Å². The summed E-state index contributed by atoms with van der Waals surface area (Å²) in [4.78, 5) is 14.2. The lowest BCUT2D eigenvalue weighted by atomic mass is 10.0. The number of hydrogen-bond donors (Lipinski definition) is 1. The van der Waals surface area contributed by atoms with E-state index in [1.807, 2.05) is 11.8 Å². The molecule has 0 bridgehead atoms. The highest BCUT2D eigenvalue weighted by Gasteiger charge is 2.39. The number of carbonyl (C=O) groups excluding carboxylic acids is 1. The molecule has 2 rings (SSSR count). The number of hydrogen-bond acceptors (Lipinski definition) is 3. The highest BCUT2D eigenvalue weighted by atomic mass is 32.2. The summed E-state index contributed by atoms with van der Waals surface area (Å²) in [5.41, 5.74) is 0. The van der Waals surface area contributed by atoms with E-state index in [0.717, 1.165) is 6.42 Å². The van der Waals surface area contributed by atoms with Crippen LogP contribution in [0.2, 0.25) is 0 Å². The Kier molecular flexibility index (Phi) is 5.37. The number of nitrogens with one attached hydrogen (secondary N) is 1. The van der Waals surface area contributed by atoms with Gasteiger partial charge < -0.3 is 4.90 Å². The average molecular weight is 270 g/mol. The van der Waals surface area contributed by atoms with Crippen LogP contribution in [0, 0.1) is 5.92 Å². The largest absolute Gasteiger partial charge is 0.323 e. The summed E-state index contributed by atoms with van der Waals surface area (Å²) in [7, 11) is 0. The molecular formula is C14H26N2OS. The summed E-state index contributed by atoms with van der Waals surface area (Å²) in [5.74, 6) is 3.34. The van der Waals surface area contributed by atoms with Crippen LogP contribution in [-0.2, 0) is 4.79 Å². The van der Waals surface area contributed by atoms with Gasteiger partial charge in [0, 0.05) is 6.04 Å². The SMILES string of the molecule is CCSCCC(C)N1C(=O)CNC1C1CCCC1. The lowest BCUT2D eigenvalue weighted by Crippen LogP contribution is -2.47. The fraction of sp³-hybridized carbons (Fsp3) is 0.929. The van der Waals surface area contributed by atoms with E-state index < -0.39 is 0 Å². The van der Waals surface area contributed by atoms with Crippen molar-refractivity contribution < 1.29 is 4.79 Å². The van der Waals surface area contributed by atoms with Crippen LogP contribution < -0.4 is 5.32 Å². The predicted molar refractivity (Wildman–Crippen MR) is 77.7 cm³/mol. The van der Waals surface area contributed by atoms with Gasteiger partial charge in [0.25, 0.3) is 0 Å². The van der Waals surface area contributed by atoms with Crippen LogP contribution in [-0.4, -0.2) is 41.1 Å². The molecule has 4 heteroatoms. The van der Waals surface area contributed by atoms with Gasteiger partial charge in [0.05, 0.1) is 12.7 Å². The molecule has 0 aromatic rings. The maximum atomic E-state index is 12.1. The van der Waals surface area contributed by atoms with Gasteiger partial charge >= 0.3 is 0 Å². The quantitative estimate of drug-likeness (QED) is 0.753. The van der Waals surface area contributed by atoms with Gasteiger partial charge in [0.2, 0.25) is 5.91 Å². The van der Waals surface area contributed by atoms with Crippen LogP contribution in [0.25, 0.3) is 0 Å². The summed E-state index contributed by atoms with van der Waals surface area (Å²) >= 11 is 1.97. The number of thioether (sulfide) groups is 1. The van der Waals surface area contributed by atoms with Crippen molar-refractivity contribution in [3.8, 4) is 0 Å². The molecule has 0 radical (unpaired) electrons. The summed E-state index contributed by atoms with van der Waals surface area (Å²) in [6.45, 7) is 4.95. The molecule has 1 N–H and O–H groups in total. The van der Waals surface area contributed by atoms with E-state index in [9.17, 15) is 4.79 Å². The Morgan fingerprint density at radius 3 is 2.83 bits per heavy atom. The van der Waals surface area contributed by atoms with Crippen molar-refractivity contribution in [1.82, 2.24) is 10.2 Å². The molecule has 2 unspecified atom stereocenters. The molecule has 1 amide bonds. The molecule has 2 aliphatic rings. The highest BCUT2D eigenvalue weighted by molar-refractivity contribution is 7.99. The second-order valence-corrected chi connectivity index (χ2v) is 6.90. The smallest absolute Gasteiger partial charge is 0.238 e. The summed E-state index contributed by atoms with van der Waals surface area (Å²) < 4.78 is 0. The zero-order valence-electron chi connectivity index (χ0n) is 11.7. The first-order valence-electron chi connectivity index (χ1n) is 7.36. The molecule has 104 valence electrons. The van der Waals surface area contributed by atoms with Crippen molar-refractivity contribution in [3.63, 3.8) is 0 Å². The molecule has 1 aliphatic carbocycles. The van der Waals surface area contributed by atoms with Crippen LogP contribution in [0.5, 0.6) is 0 Å². The molecule has 1 saturated carbocycles. The Labute approximate surface area is 115 Å². The second-order valence-electron chi connectivity index (χ2n) is 5.51. The van der Waals surface area contributed by atoms with E-state index in [1.165, 1.54) is 37.2 Å². The second kappa shape index (κ2) is 6.80. The van der Waals surface area contributed by atoms with Crippen molar-refractivity contribution in [1.29, 1.82) is 0 Å². The number of nitrogens with zero attached hydrogens (tertiary/aromatic N) is 1. The average Bonchev–Trinajstić information content (AvgIpc) is 2.97. The van der Waals surface area contributed by atoms with Gasteiger partial charge in [-0.2, -0.15) is 11.8 Å². The lowest BCUT2D eigenvalue weighted by Gasteiger charge is -2.34. The number of amides is 1. The van der Waals surface area contributed by atoms with E-state index >= 15 is 0 Å². The molecule has 2 fully saturated rings. The lowest BCUT2D eigenvalue weighted by molar-refractivity contribution is -0.130. The summed E-state index contributed by atoms with van der Waals surface area (Å²) in [5, 5.41) is 3.44. The molecule has 0 spiro atoms. The minimum absolute atomic E-state index is 0.306. The molecule has 1 heterocycles. The first-order chi connectivity index (χ1) is 8.74. The Morgan fingerprint density at radius 2 is 2.17 bits per heavy atom. The molecular weight excluding hydrogens is 244 g/mol. The van der Waals surface area contributed by atoms with Gasteiger partial charge in [-0.05, 0) is 43.6 Å². The highest BCUT2D eigenvalue weighted by Crippen LogP contribution is 2.32. The molecule has 3 nitrogen and oxygen atoms in total. The standard InChI is InChI=1S/C14H26N2OS/c1-3-18-9-8-11(2)16-13(17)10-15-14(16)12-6-4-5-7-12/h11-12,14-15H,3-10H2,1-2H3. The van der Waals surface area contributed by atoms with Crippen LogP contribution >= 0.6 is 11.8 Å². The monoisotopic (exact) mass is 270 g/mol. The first-order valence-corrected chi connectivity index (χ1v) is 8.51. The van der Waals surface area contributed by atoms with E-state index in [2.05, 4.69) is 24.1 Å². The van der Waals surface area contributed by atoms with Crippen molar-refractivity contribution in [2.75, 3.05) is 18.1 Å². The van der Waals surface area contributed by atoms with Gasteiger partial charge in [-0.15, -0.1) is 0 Å². The van der Waals surface area contributed by atoms with Crippen LogP contribution in [0.1, 0.15) is 46.0 Å². The molecule has 1 saturated heterocycles. The van der Waals surface area contributed by atoms with Gasteiger partial charge in [-0.1, -0.05) is 19.8 Å². The normalized spacial score (nSPS) is 27.1. The van der Waals surface area contributed by atoms with Gasteiger partial charge in [0.1, 0.15) is 0 Å². The predicted octanol–water partition coefficient (Wildman–Crippen LogP) is 2.47. The maximum Gasteiger partial charge on any atom is 0.238 e. The van der Waals surface area contributed by atoms with Crippen molar-refractivity contribution in [3.05, 3.63) is 0 Å². The number of rotatable bonds is 6. The van der Waals surface area contributed by atoms with E-state index in [0.29, 0.717) is 30.6 Å². The van der Waals surface area contributed by atoms with Gasteiger partial charge in [-0.25, -0.2) is 0 Å². The Bertz CT molecular complexity index is 279. The van der Waals surface area contributed by atoms with E-state index in [1.54, 1.807) is 0 Å². The van der Waals surface area contributed by atoms with Gasteiger partial charge in [-0.3, -0.25) is 10.1 Å². The van der Waals surface area contributed by atoms with Crippen LogP contribution in [0.4, 0.5) is 0 Å². The Balaban J connectivity index is 1.91. The molecule has 0 aromatic carbocycles. The third-order valence-corrected chi connectivity index (χ3v) is 5.19. The fourth-order valence-corrected chi connectivity index (χ4v) is 4.06. The van der Waals surface area contributed by atoms with Crippen molar-refractivity contribution >= 4 is 17.7 Å². The fourth-order valence-electron chi connectivity index (χ4n) is 3.26. The zero-order chi connectivity index (χ0) is 13.0. The Hall–Kier alpha value is -0.220. The van der Waals surface area contributed by atoms with Crippen molar-refractivity contribution in [2.24, 2.45) is 5.92 Å². The van der Waals surface area contributed by atoms with Crippen LogP contribution in [0.3, 0.4) is 0 Å². The first kappa shape index (κ1) is 14.2. The minimum atomic E-state index is 0.306. The third kappa shape index (κ3) is 3.21. The third-order valence-electron chi connectivity index (χ3n) is 4.26. The summed E-state index contributed by atoms with van der Waals surface area (Å²) in [6, 6.07) is 0.386. The Morgan fingerprint density at radius 1 is 1.44 bits per heavy atom. The van der Waals surface area contributed by atoms with E-state index in [-0.39, 0.29) is 0 Å². The molecule has 18 heavy (non-hydrogen) atoms. The van der Waals surface area contributed by atoms with Gasteiger partial charge in [0.15, 0.2) is 0 Å². The molecule has 2 atom stereocenters. The topological polar surface area (TPSA) is 32.3 Å². The maximum absolute atomic E-state index is 12.1. The zero-order valence-corrected chi connectivity index (χ0v) is 12.5.